The Bertz CT molecular complexity index is 509. The summed E-state index contributed by atoms with van der Waals surface area (Å²) in [5.74, 6) is -0.363. The summed E-state index contributed by atoms with van der Waals surface area (Å²) in [7, 11) is 0. The molecule has 0 N–H and O–H groups in total. The summed E-state index contributed by atoms with van der Waals surface area (Å²) in [5.41, 5.74) is -0.266. The first kappa shape index (κ1) is 12.3. The Kier molecular flexibility index (Phi) is 3.30. The van der Waals surface area contributed by atoms with Gasteiger partial charge in [-0.25, -0.2) is 4.39 Å². The molecule has 2 nitrogen and oxygen atoms in total. The van der Waals surface area contributed by atoms with Gasteiger partial charge in [-0.05, 0) is 43.0 Å². The van der Waals surface area contributed by atoms with Crippen molar-refractivity contribution in [3.05, 3.63) is 34.1 Å². The van der Waals surface area contributed by atoms with E-state index >= 15 is 0 Å². The zero-order valence-electron chi connectivity index (χ0n) is 9.17. The van der Waals surface area contributed by atoms with Crippen LogP contribution >= 0.6 is 15.9 Å². The molecule has 1 aromatic carbocycles. The lowest BCUT2D eigenvalue weighted by atomic mass is 9.81. The first-order valence-corrected chi connectivity index (χ1v) is 6.25. The van der Waals surface area contributed by atoms with Gasteiger partial charge >= 0.3 is 0 Å². The predicted molar refractivity (Wildman–Crippen MR) is 64.7 cm³/mol. The fraction of sp³-hybridized carbons (Fsp3) is 0.385. The molecule has 1 aliphatic carbocycles. The van der Waals surface area contributed by atoms with Crippen LogP contribution in [-0.2, 0) is 11.2 Å². The van der Waals surface area contributed by atoms with E-state index in [9.17, 15) is 14.4 Å². The Morgan fingerprint density at radius 1 is 1.53 bits per heavy atom. The van der Waals surface area contributed by atoms with Crippen LogP contribution in [0.5, 0.6) is 0 Å². The van der Waals surface area contributed by atoms with Gasteiger partial charge in [0, 0.05) is 10.9 Å². The highest BCUT2D eigenvalue weighted by molar-refractivity contribution is 9.10. The van der Waals surface area contributed by atoms with E-state index in [1.54, 1.807) is 6.07 Å². The van der Waals surface area contributed by atoms with E-state index in [4.69, 9.17) is 0 Å². The lowest BCUT2D eigenvalue weighted by Crippen LogP contribution is -2.26. The second-order valence-corrected chi connectivity index (χ2v) is 5.24. The number of carbonyl (C=O) groups excluding carboxylic acids is 1. The van der Waals surface area contributed by atoms with Crippen LogP contribution in [0.4, 0.5) is 4.39 Å². The van der Waals surface area contributed by atoms with Gasteiger partial charge in [-0.1, -0.05) is 15.9 Å². The first-order chi connectivity index (χ1) is 8.07. The molecule has 88 valence electrons. The number of hydrogen-bond donors (Lipinski definition) is 0. The third kappa shape index (κ3) is 2.25. The summed E-state index contributed by atoms with van der Waals surface area (Å²) in [6.07, 6.45) is 2.08. The van der Waals surface area contributed by atoms with Crippen LogP contribution in [0.25, 0.3) is 0 Å². The van der Waals surface area contributed by atoms with Crippen LogP contribution in [0.3, 0.4) is 0 Å². The largest absolute Gasteiger partial charge is 0.298 e. The minimum atomic E-state index is -0.948. The average molecular weight is 296 g/mol. The number of nitriles is 1. The first-order valence-electron chi connectivity index (χ1n) is 5.46. The Morgan fingerprint density at radius 3 is 2.88 bits per heavy atom. The highest BCUT2D eigenvalue weighted by atomic mass is 79.9. The molecule has 0 aliphatic heterocycles. The Balaban J connectivity index is 2.34. The maximum atomic E-state index is 13.2. The summed E-state index contributed by atoms with van der Waals surface area (Å²) >= 11 is 3.32. The summed E-state index contributed by atoms with van der Waals surface area (Å²) in [5, 5.41) is 9.23. The molecule has 0 amide bonds. The minimum absolute atomic E-state index is 0.0174. The van der Waals surface area contributed by atoms with Crippen molar-refractivity contribution in [3.8, 4) is 6.07 Å². The van der Waals surface area contributed by atoms with Crippen LogP contribution in [0.1, 0.15) is 24.8 Å². The van der Waals surface area contributed by atoms with Crippen LogP contribution in [0.15, 0.2) is 22.7 Å². The monoisotopic (exact) mass is 295 g/mol. The molecular weight excluding hydrogens is 285 g/mol. The molecule has 17 heavy (non-hydrogen) atoms. The number of Topliss-reactive ketones (excluding diaryl/α,β-unsaturated/α-hetero) is 1. The molecule has 0 spiro atoms. The van der Waals surface area contributed by atoms with Crippen LogP contribution in [-0.4, -0.2) is 5.78 Å². The molecule has 0 aromatic heterocycles. The third-order valence-electron chi connectivity index (χ3n) is 3.26. The van der Waals surface area contributed by atoms with Crippen molar-refractivity contribution in [3.63, 3.8) is 0 Å². The van der Waals surface area contributed by atoms with Gasteiger partial charge in [0.15, 0.2) is 5.78 Å². The Morgan fingerprint density at radius 2 is 2.29 bits per heavy atom. The summed E-state index contributed by atoms with van der Waals surface area (Å²) in [6.45, 7) is 0. The summed E-state index contributed by atoms with van der Waals surface area (Å²) < 4.78 is 13.9. The summed E-state index contributed by atoms with van der Waals surface area (Å²) in [6, 6.07) is 6.47. The molecule has 0 bridgehead atoms. The number of halogens is 2. The van der Waals surface area contributed by atoms with E-state index in [1.807, 2.05) is 0 Å². The second kappa shape index (κ2) is 4.58. The maximum absolute atomic E-state index is 13.2. The normalized spacial score (nSPS) is 23.7. The van der Waals surface area contributed by atoms with Gasteiger partial charge in [-0.15, -0.1) is 0 Å². The number of benzene rings is 1. The van der Waals surface area contributed by atoms with Gasteiger partial charge in [0.1, 0.15) is 11.2 Å². The highest BCUT2D eigenvalue weighted by Gasteiger charge is 2.42. The lowest BCUT2D eigenvalue weighted by Gasteiger charge is -2.19. The molecule has 0 radical (unpaired) electrons. The van der Waals surface area contributed by atoms with Gasteiger partial charge in [0.2, 0.25) is 0 Å². The van der Waals surface area contributed by atoms with Crippen molar-refractivity contribution in [1.29, 1.82) is 5.26 Å². The molecular formula is C13H11BrFNO. The zero-order valence-corrected chi connectivity index (χ0v) is 10.8. The van der Waals surface area contributed by atoms with E-state index in [0.717, 1.165) is 10.9 Å². The topological polar surface area (TPSA) is 40.9 Å². The van der Waals surface area contributed by atoms with E-state index in [-0.39, 0.29) is 11.6 Å². The van der Waals surface area contributed by atoms with E-state index in [0.29, 0.717) is 24.8 Å². The van der Waals surface area contributed by atoms with Crippen LogP contribution in [0.2, 0.25) is 0 Å². The minimum Gasteiger partial charge on any atom is -0.298 e. The smallest absolute Gasteiger partial charge is 0.153 e. The van der Waals surface area contributed by atoms with Gasteiger partial charge in [0.05, 0.1) is 6.07 Å². The van der Waals surface area contributed by atoms with Crippen molar-refractivity contribution in [2.24, 2.45) is 5.41 Å². The third-order valence-corrected chi connectivity index (χ3v) is 4.03. The second-order valence-electron chi connectivity index (χ2n) is 4.38. The zero-order chi connectivity index (χ0) is 12.5. The number of nitrogens with zero attached hydrogens (tertiary/aromatic N) is 1. The van der Waals surface area contributed by atoms with Crippen molar-refractivity contribution in [1.82, 2.24) is 0 Å². The molecule has 0 saturated heterocycles. The Labute approximate surface area is 108 Å². The van der Waals surface area contributed by atoms with Gasteiger partial charge in [-0.3, -0.25) is 4.79 Å². The standard InChI is InChI=1S/C13H11BrFNO/c14-11-4-3-10(15)6-9(11)7-13(8-16)5-1-2-12(13)17/h3-4,6H,1-2,5,7H2. The van der Waals surface area contributed by atoms with Crippen LogP contribution < -0.4 is 0 Å². The average Bonchev–Trinajstić information content (AvgIpc) is 2.66. The number of rotatable bonds is 2. The van der Waals surface area contributed by atoms with E-state index in [1.165, 1.54) is 12.1 Å². The molecule has 1 aromatic rings. The maximum Gasteiger partial charge on any atom is 0.153 e. The number of hydrogen-bond acceptors (Lipinski definition) is 2. The van der Waals surface area contributed by atoms with Gasteiger partial charge in [0.25, 0.3) is 0 Å². The summed E-state index contributed by atoms with van der Waals surface area (Å²) in [4.78, 5) is 11.8. The molecule has 1 unspecified atom stereocenters. The SMILES string of the molecule is N#CC1(Cc2cc(F)ccc2Br)CCCC1=O. The number of carbonyl (C=O) groups is 1. The van der Waals surface area contributed by atoms with E-state index < -0.39 is 5.41 Å². The van der Waals surface area contributed by atoms with Crippen molar-refractivity contribution >= 4 is 21.7 Å². The molecule has 0 heterocycles. The van der Waals surface area contributed by atoms with E-state index in [2.05, 4.69) is 22.0 Å². The Hall–Kier alpha value is -1.21. The molecule has 1 fully saturated rings. The molecule has 2 rings (SSSR count). The van der Waals surface area contributed by atoms with Crippen molar-refractivity contribution in [2.75, 3.05) is 0 Å². The fourth-order valence-electron chi connectivity index (χ4n) is 2.28. The number of ketones is 1. The van der Waals surface area contributed by atoms with Crippen molar-refractivity contribution in [2.45, 2.75) is 25.7 Å². The van der Waals surface area contributed by atoms with Crippen molar-refractivity contribution < 1.29 is 9.18 Å². The fourth-order valence-corrected chi connectivity index (χ4v) is 2.66. The van der Waals surface area contributed by atoms with Gasteiger partial charge < -0.3 is 0 Å². The molecule has 1 saturated carbocycles. The van der Waals surface area contributed by atoms with Gasteiger partial charge in [-0.2, -0.15) is 5.26 Å². The predicted octanol–water partition coefficient (Wildman–Crippen LogP) is 3.39. The highest BCUT2D eigenvalue weighted by Crippen LogP contribution is 2.38. The quantitative estimate of drug-likeness (QED) is 0.839. The van der Waals surface area contributed by atoms with Crippen LogP contribution in [0, 0.1) is 22.6 Å². The molecule has 4 heteroatoms. The molecule has 1 aliphatic rings. The lowest BCUT2D eigenvalue weighted by molar-refractivity contribution is -0.123. The molecule has 1 atom stereocenters.